The van der Waals surface area contributed by atoms with Gasteiger partial charge in [0, 0.05) is 11.6 Å². The number of rotatable bonds is 6. The van der Waals surface area contributed by atoms with Crippen LogP contribution >= 0.6 is 0 Å². The molecule has 0 spiro atoms. The van der Waals surface area contributed by atoms with Crippen LogP contribution in [-0.2, 0) is 0 Å². The fraction of sp³-hybridized carbons (Fsp3) is 0.571. The second-order valence-corrected chi connectivity index (χ2v) is 4.44. The van der Waals surface area contributed by atoms with Gasteiger partial charge in [-0.1, -0.05) is 32.4 Å². The van der Waals surface area contributed by atoms with Crippen LogP contribution in [0.1, 0.15) is 38.3 Å². The van der Waals surface area contributed by atoms with Crippen molar-refractivity contribution in [2.75, 3.05) is 14.2 Å². The van der Waals surface area contributed by atoms with Gasteiger partial charge in [-0.25, -0.2) is 0 Å². The summed E-state index contributed by atoms with van der Waals surface area (Å²) in [6.45, 7) is 4.40. The van der Waals surface area contributed by atoms with Crippen LogP contribution < -0.4 is 15.2 Å². The van der Waals surface area contributed by atoms with Crippen molar-refractivity contribution in [1.29, 1.82) is 0 Å². The lowest BCUT2D eigenvalue weighted by Crippen LogP contribution is -2.15. The van der Waals surface area contributed by atoms with E-state index in [1.807, 2.05) is 18.2 Å². The molecule has 1 aromatic rings. The van der Waals surface area contributed by atoms with Gasteiger partial charge in [0.25, 0.3) is 0 Å². The van der Waals surface area contributed by atoms with E-state index in [2.05, 4.69) is 13.8 Å². The van der Waals surface area contributed by atoms with Gasteiger partial charge >= 0.3 is 0 Å². The van der Waals surface area contributed by atoms with Crippen molar-refractivity contribution in [2.45, 2.75) is 32.7 Å². The average molecular weight is 237 g/mol. The molecule has 0 fully saturated rings. The lowest BCUT2D eigenvalue weighted by atomic mass is 9.94. The maximum absolute atomic E-state index is 6.24. The standard InChI is InChI=1S/C14H23NO2/c1-5-10(2)9-12(15)11-7-6-8-13(16-3)14(11)17-4/h6-8,10,12H,5,9,15H2,1-4H3. The largest absolute Gasteiger partial charge is 0.493 e. The second kappa shape index (κ2) is 6.50. The quantitative estimate of drug-likeness (QED) is 0.826. The second-order valence-electron chi connectivity index (χ2n) is 4.44. The molecular formula is C14H23NO2. The lowest BCUT2D eigenvalue weighted by molar-refractivity contribution is 0.346. The van der Waals surface area contributed by atoms with Crippen LogP contribution in [0.5, 0.6) is 11.5 Å². The molecule has 0 aromatic heterocycles. The fourth-order valence-electron chi connectivity index (χ4n) is 1.93. The van der Waals surface area contributed by atoms with E-state index in [1.54, 1.807) is 14.2 Å². The van der Waals surface area contributed by atoms with Gasteiger partial charge in [-0.05, 0) is 18.4 Å². The van der Waals surface area contributed by atoms with E-state index in [9.17, 15) is 0 Å². The molecule has 17 heavy (non-hydrogen) atoms. The minimum atomic E-state index is -0.00463. The highest BCUT2D eigenvalue weighted by molar-refractivity contribution is 5.47. The Bertz CT molecular complexity index is 352. The van der Waals surface area contributed by atoms with Gasteiger partial charge in [0.1, 0.15) is 0 Å². The third kappa shape index (κ3) is 3.37. The lowest BCUT2D eigenvalue weighted by Gasteiger charge is -2.20. The monoisotopic (exact) mass is 237 g/mol. The number of ether oxygens (including phenoxy) is 2. The van der Waals surface area contributed by atoms with E-state index in [-0.39, 0.29) is 6.04 Å². The molecule has 96 valence electrons. The number of hydrogen-bond acceptors (Lipinski definition) is 3. The van der Waals surface area contributed by atoms with Gasteiger partial charge in [-0.2, -0.15) is 0 Å². The summed E-state index contributed by atoms with van der Waals surface area (Å²) >= 11 is 0. The molecule has 0 radical (unpaired) electrons. The average Bonchev–Trinajstić information content (AvgIpc) is 2.37. The van der Waals surface area contributed by atoms with Crippen LogP contribution in [0.15, 0.2) is 18.2 Å². The van der Waals surface area contributed by atoms with Crippen LogP contribution in [0, 0.1) is 5.92 Å². The molecule has 0 amide bonds. The van der Waals surface area contributed by atoms with Crippen molar-refractivity contribution in [3.05, 3.63) is 23.8 Å². The number of para-hydroxylation sites is 1. The van der Waals surface area contributed by atoms with Gasteiger partial charge in [-0.15, -0.1) is 0 Å². The highest BCUT2D eigenvalue weighted by Gasteiger charge is 2.17. The predicted molar refractivity (Wildman–Crippen MR) is 70.5 cm³/mol. The van der Waals surface area contributed by atoms with E-state index >= 15 is 0 Å². The molecule has 2 unspecified atom stereocenters. The normalized spacial score (nSPS) is 14.2. The first-order chi connectivity index (χ1) is 8.13. The van der Waals surface area contributed by atoms with E-state index in [4.69, 9.17) is 15.2 Å². The summed E-state index contributed by atoms with van der Waals surface area (Å²) in [7, 11) is 3.29. The topological polar surface area (TPSA) is 44.5 Å². The van der Waals surface area contributed by atoms with Crippen molar-refractivity contribution in [2.24, 2.45) is 11.7 Å². The molecule has 0 aliphatic carbocycles. The first-order valence-corrected chi connectivity index (χ1v) is 6.10. The first kappa shape index (κ1) is 13.8. The van der Waals surface area contributed by atoms with E-state index in [0.29, 0.717) is 5.92 Å². The molecule has 2 atom stereocenters. The van der Waals surface area contributed by atoms with Crippen LogP contribution in [0.2, 0.25) is 0 Å². The number of hydrogen-bond donors (Lipinski definition) is 1. The Morgan fingerprint density at radius 2 is 1.94 bits per heavy atom. The molecule has 3 heteroatoms. The summed E-state index contributed by atoms with van der Waals surface area (Å²) in [5.41, 5.74) is 7.26. The SMILES string of the molecule is CCC(C)CC(N)c1cccc(OC)c1OC. The molecule has 3 nitrogen and oxygen atoms in total. The smallest absolute Gasteiger partial charge is 0.165 e. The highest BCUT2D eigenvalue weighted by Crippen LogP contribution is 2.35. The molecule has 1 aromatic carbocycles. The highest BCUT2D eigenvalue weighted by atomic mass is 16.5. The number of methoxy groups -OCH3 is 2. The zero-order valence-corrected chi connectivity index (χ0v) is 11.2. The molecule has 0 aliphatic heterocycles. The molecular weight excluding hydrogens is 214 g/mol. The van der Waals surface area contributed by atoms with E-state index < -0.39 is 0 Å². The number of nitrogens with two attached hydrogens (primary N) is 1. The summed E-state index contributed by atoms with van der Waals surface area (Å²) in [5.74, 6) is 2.11. The zero-order chi connectivity index (χ0) is 12.8. The molecule has 0 heterocycles. The van der Waals surface area contributed by atoms with Gasteiger partial charge in [-0.3, -0.25) is 0 Å². The summed E-state index contributed by atoms with van der Waals surface area (Å²) in [4.78, 5) is 0. The Morgan fingerprint density at radius 3 is 2.47 bits per heavy atom. The predicted octanol–water partition coefficient (Wildman–Crippen LogP) is 3.14. The molecule has 0 saturated heterocycles. The van der Waals surface area contributed by atoms with Crippen molar-refractivity contribution in [3.63, 3.8) is 0 Å². The minimum absolute atomic E-state index is 0.00463. The molecule has 2 N–H and O–H groups in total. The Labute approximate surface area is 104 Å². The zero-order valence-electron chi connectivity index (χ0n) is 11.2. The van der Waals surface area contributed by atoms with Crippen molar-refractivity contribution >= 4 is 0 Å². The first-order valence-electron chi connectivity index (χ1n) is 6.10. The maximum atomic E-state index is 6.24. The summed E-state index contributed by atoms with van der Waals surface area (Å²) in [6, 6.07) is 5.84. The Morgan fingerprint density at radius 1 is 1.24 bits per heavy atom. The Hall–Kier alpha value is -1.22. The van der Waals surface area contributed by atoms with Gasteiger partial charge in [0.15, 0.2) is 11.5 Å². The molecule has 0 aliphatic rings. The van der Waals surface area contributed by atoms with Crippen LogP contribution in [-0.4, -0.2) is 14.2 Å². The fourth-order valence-corrected chi connectivity index (χ4v) is 1.93. The maximum Gasteiger partial charge on any atom is 0.165 e. The summed E-state index contributed by atoms with van der Waals surface area (Å²) < 4.78 is 10.7. The van der Waals surface area contributed by atoms with Crippen molar-refractivity contribution < 1.29 is 9.47 Å². The van der Waals surface area contributed by atoms with Gasteiger partial charge < -0.3 is 15.2 Å². The van der Waals surface area contributed by atoms with E-state index in [1.165, 1.54) is 0 Å². The number of benzene rings is 1. The van der Waals surface area contributed by atoms with Crippen LogP contribution in [0.3, 0.4) is 0 Å². The van der Waals surface area contributed by atoms with E-state index in [0.717, 1.165) is 29.9 Å². The summed E-state index contributed by atoms with van der Waals surface area (Å²) in [5, 5.41) is 0. The summed E-state index contributed by atoms with van der Waals surface area (Å²) in [6.07, 6.45) is 2.10. The van der Waals surface area contributed by atoms with Gasteiger partial charge in [0.2, 0.25) is 0 Å². The third-order valence-electron chi connectivity index (χ3n) is 3.19. The van der Waals surface area contributed by atoms with Crippen molar-refractivity contribution in [3.8, 4) is 11.5 Å². The third-order valence-corrected chi connectivity index (χ3v) is 3.19. The minimum Gasteiger partial charge on any atom is -0.493 e. The molecule has 0 bridgehead atoms. The van der Waals surface area contributed by atoms with Gasteiger partial charge in [0.05, 0.1) is 14.2 Å². The molecule has 1 rings (SSSR count). The van der Waals surface area contributed by atoms with Crippen LogP contribution in [0.25, 0.3) is 0 Å². The van der Waals surface area contributed by atoms with Crippen LogP contribution in [0.4, 0.5) is 0 Å². The van der Waals surface area contributed by atoms with Crippen molar-refractivity contribution in [1.82, 2.24) is 0 Å². The Balaban J connectivity index is 2.96. The molecule has 0 saturated carbocycles. The Kier molecular flexibility index (Phi) is 5.29.